The van der Waals surface area contributed by atoms with Crippen LogP contribution >= 0.6 is 34.8 Å². The Balaban J connectivity index is 2.36. The highest BCUT2D eigenvalue weighted by Crippen LogP contribution is 2.31. The van der Waals surface area contributed by atoms with Crippen molar-refractivity contribution in [2.75, 3.05) is 5.32 Å². The third-order valence-corrected chi connectivity index (χ3v) is 3.64. The van der Waals surface area contributed by atoms with Gasteiger partial charge in [-0.25, -0.2) is 14.8 Å². The van der Waals surface area contributed by atoms with Crippen molar-refractivity contribution in [3.05, 3.63) is 50.9 Å². The number of nitrogens with one attached hydrogen (secondary N) is 1. The highest BCUT2D eigenvalue weighted by molar-refractivity contribution is 6.49. The Hall–Kier alpha value is -1.89. The Morgan fingerprint density at radius 1 is 1.14 bits per heavy atom. The maximum Gasteiger partial charge on any atom is 0.339 e. The summed E-state index contributed by atoms with van der Waals surface area (Å²) in [4.78, 5) is 30.7. The van der Waals surface area contributed by atoms with Gasteiger partial charge < -0.3 is 10.4 Å². The summed E-state index contributed by atoms with van der Waals surface area (Å²) in [5, 5.41) is 11.3. The molecule has 0 unspecified atom stereocenters. The van der Waals surface area contributed by atoms with Crippen LogP contribution in [0, 0.1) is 0 Å². The maximum absolute atomic E-state index is 12.1. The number of hydrogen-bond donors (Lipinski definition) is 2. The molecule has 0 saturated carbocycles. The van der Waals surface area contributed by atoms with Crippen molar-refractivity contribution < 1.29 is 14.7 Å². The summed E-state index contributed by atoms with van der Waals surface area (Å²) in [7, 11) is 0. The van der Waals surface area contributed by atoms with Gasteiger partial charge in [0.25, 0.3) is 5.91 Å². The molecule has 0 fully saturated rings. The number of carbonyl (C=O) groups excluding carboxylic acids is 1. The molecule has 0 radical (unpaired) electrons. The molecule has 0 spiro atoms. The quantitative estimate of drug-likeness (QED) is 0.888. The summed E-state index contributed by atoms with van der Waals surface area (Å²) >= 11 is 17.4. The number of aromatic nitrogens is 2. The summed E-state index contributed by atoms with van der Waals surface area (Å²) in [5.41, 5.74) is -0.352. The van der Waals surface area contributed by atoms with Crippen molar-refractivity contribution in [3.8, 4) is 0 Å². The van der Waals surface area contributed by atoms with E-state index < -0.39 is 11.9 Å². The van der Waals surface area contributed by atoms with Crippen LogP contribution < -0.4 is 5.32 Å². The van der Waals surface area contributed by atoms with Crippen LogP contribution in [0.25, 0.3) is 0 Å². The molecule has 6 nitrogen and oxygen atoms in total. The minimum atomic E-state index is -1.23. The Morgan fingerprint density at radius 2 is 1.86 bits per heavy atom. The minimum Gasteiger partial charge on any atom is -0.478 e. The molecule has 2 aromatic heterocycles. The number of aromatic carboxylic acids is 1. The first-order valence-corrected chi connectivity index (χ1v) is 6.54. The number of carbonyl (C=O) groups is 2. The number of nitrogens with zero attached hydrogens (tertiary/aromatic N) is 2. The van der Waals surface area contributed by atoms with E-state index in [-0.39, 0.29) is 32.1 Å². The van der Waals surface area contributed by atoms with Crippen molar-refractivity contribution in [2.45, 2.75) is 0 Å². The largest absolute Gasteiger partial charge is 0.478 e. The van der Waals surface area contributed by atoms with Gasteiger partial charge in [-0.1, -0.05) is 34.8 Å². The lowest BCUT2D eigenvalue weighted by Crippen LogP contribution is -2.17. The summed E-state index contributed by atoms with van der Waals surface area (Å²) in [6.45, 7) is 0. The summed E-state index contributed by atoms with van der Waals surface area (Å²) < 4.78 is 0. The van der Waals surface area contributed by atoms with E-state index in [1.165, 1.54) is 24.5 Å². The van der Waals surface area contributed by atoms with E-state index in [4.69, 9.17) is 39.9 Å². The molecule has 108 valence electrons. The zero-order valence-electron chi connectivity index (χ0n) is 10.1. The van der Waals surface area contributed by atoms with E-state index in [1.807, 2.05) is 0 Å². The van der Waals surface area contributed by atoms with Gasteiger partial charge in [-0.3, -0.25) is 4.79 Å². The van der Waals surface area contributed by atoms with E-state index in [9.17, 15) is 9.59 Å². The smallest absolute Gasteiger partial charge is 0.339 e. The second-order valence-corrected chi connectivity index (χ2v) is 4.90. The highest BCUT2D eigenvalue weighted by Gasteiger charge is 2.20. The van der Waals surface area contributed by atoms with Gasteiger partial charge in [0.1, 0.15) is 17.1 Å². The predicted octanol–water partition coefficient (Wildman–Crippen LogP) is 3.39. The molecule has 0 aliphatic heterocycles. The highest BCUT2D eigenvalue weighted by atomic mass is 35.5. The number of hydrogen-bond acceptors (Lipinski definition) is 4. The van der Waals surface area contributed by atoms with Crippen LogP contribution in [-0.4, -0.2) is 27.0 Å². The van der Waals surface area contributed by atoms with Crippen molar-refractivity contribution in [3.63, 3.8) is 0 Å². The van der Waals surface area contributed by atoms with Crippen LogP contribution in [0.2, 0.25) is 15.1 Å². The zero-order chi connectivity index (χ0) is 15.6. The number of pyridine rings is 2. The lowest BCUT2D eigenvalue weighted by molar-refractivity contribution is 0.0697. The Labute approximate surface area is 133 Å². The average Bonchev–Trinajstić information content (AvgIpc) is 2.45. The molecule has 2 rings (SSSR count). The van der Waals surface area contributed by atoms with Gasteiger partial charge in [0.15, 0.2) is 0 Å². The molecule has 0 aromatic carbocycles. The number of rotatable bonds is 3. The van der Waals surface area contributed by atoms with Crippen LogP contribution in [0.4, 0.5) is 5.82 Å². The molecule has 0 atom stereocenters. The second-order valence-electron chi connectivity index (χ2n) is 3.74. The van der Waals surface area contributed by atoms with Gasteiger partial charge in [-0.2, -0.15) is 0 Å². The van der Waals surface area contributed by atoms with Gasteiger partial charge in [-0.05, 0) is 12.1 Å². The molecule has 0 bridgehead atoms. The minimum absolute atomic E-state index is 0.0158. The monoisotopic (exact) mass is 345 g/mol. The van der Waals surface area contributed by atoms with E-state index in [2.05, 4.69) is 15.3 Å². The Morgan fingerprint density at radius 3 is 2.52 bits per heavy atom. The molecular weight excluding hydrogens is 341 g/mol. The molecule has 0 aliphatic rings. The van der Waals surface area contributed by atoms with Crippen LogP contribution in [-0.2, 0) is 0 Å². The third-order valence-electron chi connectivity index (χ3n) is 2.40. The number of carboxylic acids is 1. The van der Waals surface area contributed by atoms with E-state index in [0.29, 0.717) is 0 Å². The normalized spacial score (nSPS) is 10.2. The Bertz CT molecular complexity index is 737. The first-order valence-electron chi connectivity index (χ1n) is 5.41. The molecule has 2 N–H and O–H groups in total. The standard InChI is InChI=1S/C12H6Cl3N3O3/c13-6-4-17-9(8(15)7(6)14)11(19)18-10-5(12(20)21)2-1-3-16-10/h1-4H,(H,20,21)(H,16,18,19). The van der Waals surface area contributed by atoms with Crippen LogP contribution in [0.5, 0.6) is 0 Å². The van der Waals surface area contributed by atoms with Crippen molar-refractivity contribution >= 4 is 52.5 Å². The summed E-state index contributed by atoms with van der Waals surface area (Å²) in [5.74, 6) is -2.11. The van der Waals surface area contributed by atoms with Gasteiger partial charge in [0, 0.05) is 12.4 Å². The van der Waals surface area contributed by atoms with Gasteiger partial charge in [0.2, 0.25) is 0 Å². The van der Waals surface area contributed by atoms with Gasteiger partial charge in [-0.15, -0.1) is 0 Å². The molecule has 2 heterocycles. The van der Waals surface area contributed by atoms with Gasteiger partial charge >= 0.3 is 5.97 Å². The fraction of sp³-hybridized carbons (Fsp3) is 0. The first kappa shape index (κ1) is 15.5. The van der Waals surface area contributed by atoms with Crippen LogP contribution in [0.3, 0.4) is 0 Å². The lowest BCUT2D eigenvalue weighted by atomic mass is 10.2. The summed E-state index contributed by atoms with van der Waals surface area (Å²) in [6.07, 6.45) is 2.51. The SMILES string of the molecule is O=C(O)c1cccnc1NC(=O)c1ncc(Cl)c(Cl)c1Cl. The fourth-order valence-electron chi connectivity index (χ4n) is 1.45. The van der Waals surface area contributed by atoms with Crippen LogP contribution in [0.15, 0.2) is 24.5 Å². The van der Waals surface area contributed by atoms with E-state index >= 15 is 0 Å². The Kier molecular flexibility index (Phi) is 4.62. The zero-order valence-corrected chi connectivity index (χ0v) is 12.4. The number of anilines is 1. The molecular formula is C12H6Cl3N3O3. The topological polar surface area (TPSA) is 92.2 Å². The second kappa shape index (κ2) is 6.26. The molecule has 0 aliphatic carbocycles. The number of carboxylic acid groups (broad SMARTS) is 1. The van der Waals surface area contributed by atoms with Gasteiger partial charge in [0.05, 0.1) is 15.1 Å². The molecule has 9 heteroatoms. The molecule has 2 aromatic rings. The maximum atomic E-state index is 12.1. The summed E-state index contributed by atoms with van der Waals surface area (Å²) in [6, 6.07) is 2.73. The van der Waals surface area contributed by atoms with E-state index in [0.717, 1.165) is 0 Å². The molecule has 1 amide bonds. The third kappa shape index (κ3) is 3.24. The molecule has 0 saturated heterocycles. The first-order chi connectivity index (χ1) is 9.91. The van der Waals surface area contributed by atoms with E-state index in [1.54, 1.807) is 0 Å². The van der Waals surface area contributed by atoms with Crippen LogP contribution in [0.1, 0.15) is 20.8 Å². The van der Waals surface area contributed by atoms with Crippen molar-refractivity contribution in [2.24, 2.45) is 0 Å². The number of halogens is 3. The fourth-order valence-corrected chi connectivity index (χ4v) is 2.01. The van der Waals surface area contributed by atoms with Crippen molar-refractivity contribution in [1.29, 1.82) is 0 Å². The predicted molar refractivity (Wildman–Crippen MR) is 78.4 cm³/mol. The lowest BCUT2D eigenvalue weighted by Gasteiger charge is -2.08. The molecule has 21 heavy (non-hydrogen) atoms. The average molecular weight is 347 g/mol. The van der Waals surface area contributed by atoms with Crippen molar-refractivity contribution in [1.82, 2.24) is 9.97 Å². The number of amides is 1.